The summed E-state index contributed by atoms with van der Waals surface area (Å²) >= 11 is 3.48. The van der Waals surface area contributed by atoms with Gasteiger partial charge in [-0.25, -0.2) is 4.79 Å². The number of aryl methyl sites for hydroxylation is 2. The molecule has 0 N–H and O–H groups in total. The van der Waals surface area contributed by atoms with Crippen molar-refractivity contribution in [3.63, 3.8) is 0 Å². The molecule has 0 aliphatic rings. The summed E-state index contributed by atoms with van der Waals surface area (Å²) in [5.41, 5.74) is 3.19. The van der Waals surface area contributed by atoms with Gasteiger partial charge in [-0.15, -0.1) is 0 Å². The summed E-state index contributed by atoms with van der Waals surface area (Å²) in [5.74, 6) is 0.769. The van der Waals surface area contributed by atoms with Crippen LogP contribution in [0.1, 0.15) is 16.7 Å². The van der Waals surface area contributed by atoms with Crippen LogP contribution in [0.25, 0.3) is 21.7 Å². The van der Waals surface area contributed by atoms with Gasteiger partial charge in [0.1, 0.15) is 17.9 Å². The number of hydrogen-bond donors (Lipinski definition) is 0. The van der Waals surface area contributed by atoms with E-state index in [1.165, 1.54) is 6.07 Å². The molecule has 1 aromatic heterocycles. The van der Waals surface area contributed by atoms with E-state index >= 15 is 0 Å². The Morgan fingerprint density at radius 3 is 2.58 bits per heavy atom. The second kappa shape index (κ2) is 6.61. The number of fused-ring (bicyclic) bond motifs is 2. The standard InChI is InChI=1S/C22H17BrO3/c1-13-3-8-20-17(11-21(24)26-22(20)14(13)2)12-25-19-7-5-15-9-18(23)6-4-16(15)10-19/h3-11H,12H2,1-2H3. The van der Waals surface area contributed by atoms with Crippen molar-refractivity contribution in [3.05, 3.63) is 86.2 Å². The number of benzene rings is 3. The molecule has 0 aliphatic carbocycles. The summed E-state index contributed by atoms with van der Waals surface area (Å²) in [6.07, 6.45) is 0. The Morgan fingerprint density at radius 1 is 0.962 bits per heavy atom. The van der Waals surface area contributed by atoms with Gasteiger partial charge in [0.15, 0.2) is 0 Å². The molecule has 4 aromatic rings. The van der Waals surface area contributed by atoms with Crippen molar-refractivity contribution in [2.45, 2.75) is 20.5 Å². The van der Waals surface area contributed by atoms with Crippen molar-refractivity contribution >= 4 is 37.7 Å². The highest BCUT2D eigenvalue weighted by atomic mass is 79.9. The Bertz CT molecular complexity index is 1190. The van der Waals surface area contributed by atoms with Crippen LogP contribution in [-0.2, 0) is 6.61 Å². The van der Waals surface area contributed by atoms with Crippen LogP contribution in [0.5, 0.6) is 5.75 Å². The first-order chi connectivity index (χ1) is 12.5. The molecule has 130 valence electrons. The van der Waals surface area contributed by atoms with Crippen molar-refractivity contribution in [1.82, 2.24) is 0 Å². The number of halogens is 1. The third-order valence-electron chi connectivity index (χ3n) is 4.69. The maximum atomic E-state index is 12.0. The molecule has 0 fully saturated rings. The predicted molar refractivity (Wildman–Crippen MR) is 108 cm³/mol. The quantitative estimate of drug-likeness (QED) is 0.395. The molecule has 0 saturated carbocycles. The smallest absolute Gasteiger partial charge is 0.336 e. The van der Waals surface area contributed by atoms with E-state index in [-0.39, 0.29) is 5.63 Å². The third kappa shape index (κ3) is 3.13. The van der Waals surface area contributed by atoms with E-state index in [2.05, 4.69) is 22.0 Å². The molecular formula is C22H17BrO3. The molecule has 0 aliphatic heterocycles. The molecule has 3 aromatic carbocycles. The fourth-order valence-corrected chi connectivity index (χ4v) is 3.47. The Balaban J connectivity index is 1.69. The van der Waals surface area contributed by atoms with Gasteiger partial charge in [-0.2, -0.15) is 0 Å². The predicted octanol–water partition coefficient (Wildman–Crippen LogP) is 5.90. The van der Waals surface area contributed by atoms with Crippen LogP contribution in [0.4, 0.5) is 0 Å². The highest BCUT2D eigenvalue weighted by molar-refractivity contribution is 9.10. The maximum absolute atomic E-state index is 12.0. The summed E-state index contributed by atoms with van der Waals surface area (Å²) in [5, 5.41) is 3.16. The molecule has 0 atom stereocenters. The highest BCUT2D eigenvalue weighted by Crippen LogP contribution is 2.27. The van der Waals surface area contributed by atoms with Crippen molar-refractivity contribution < 1.29 is 9.15 Å². The summed E-state index contributed by atoms with van der Waals surface area (Å²) < 4.78 is 12.4. The summed E-state index contributed by atoms with van der Waals surface area (Å²) in [6.45, 7) is 4.28. The second-order valence-electron chi connectivity index (χ2n) is 6.42. The molecule has 1 heterocycles. The minimum absolute atomic E-state index is 0.312. The summed E-state index contributed by atoms with van der Waals surface area (Å²) in [6, 6.07) is 17.6. The van der Waals surface area contributed by atoms with E-state index < -0.39 is 0 Å². The van der Waals surface area contributed by atoms with Crippen LogP contribution in [0, 0.1) is 13.8 Å². The number of rotatable bonds is 3. The normalized spacial score (nSPS) is 11.2. The van der Waals surface area contributed by atoms with Crippen molar-refractivity contribution in [2.75, 3.05) is 0 Å². The lowest BCUT2D eigenvalue weighted by atomic mass is 10.0. The molecule has 3 nitrogen and oxygen atoms in total. The third-order valence-corrected chi connectivity index (χ3v) is 5.18. The highest BCUT2D eigenvalue weighted by Gasteiger charge is 2.10. The van der Waals surface area contributed by atoms with Crippen molar-refractivity contribution in [1.29, 1.82) is 0 Å². The minimum atomic E-state index is -0.354. The lowest BCUT2D eigenvalue weighted by molar-refractivity contribution is 0.307. The van der Waals surface area contributed by atoms with E-state index in [1.54, 1.807) is 0 Å². The first-order valence-electron chi connectivity index (χ1n) is 8.36. The Hall–Kier alpha value is -2.59. The SMILES string of the molecule is Cc1ccc2c(COc3ccc4cc(Br)ccc4c3)cc(=O)oc2c1C. The van der Waals surface area contributed by atoms with Gasteiger partial charge < -0.3 is 9.15 Å². The lowest BCUT2D eigenvalue weighted by Gasteiger charge is -2.11. The Kier molecular flexibility index (Phi) is 4.29. The zero-order valence-electron chi connectivity index (χ0n) is 14.5. The van der Waals surface area contributed by atoms with E-state index in [0.717, 1.165) is 43.1 Å². The van der Waals surface area contributed by atoms with E-state index in [9.17, 15) is 4.79 Å². The van der Waals surface area contributed by atoms with Gasteiger partial charge in [-0.3, -0.25) is 0 Å². The van der Waals surface area contributed by atoms with Crippen LogP contribution >= 0.6 is 15.9 Å². The monoisotopic (exact) mass is 408 g/mol. The average Bonchev–Trinajstić information content (AvgIpc) is 2.63. The van der Waals surface area contributed by atoms with Crippen LogP contribution < -0.4 is 10.4 Å². The second-order valence-corrected chi connectivity index (χ2v) is 7.33. The van der Waals surface area contributed by atoms with Gasteiger partial charge in [0.2, 0.25) is 0 Å². The number of hydrogen-bond acceptors (Lipinski definition) is 3. The van der Waals surface area contributed by atoms with Gasteiger partial charge in [0.25, 0.3) is 0 Å². The van der Waals surface area contributed by atoms with Gasteiger partial charge in [0.05, 0.1) is 0 Å². The zero-order chi connectivity index (χ0) is 18.3. The fraction of sp³-hybridized carbons (Fsp3) is 0.136. The van der Waals surface area contributed by atoms with Gasteiger partial charge in [0, 0.05) is 21.5 Å². The van der Waals surface area contributed by atoms with Gasteiger partial charge in [-0.05, 0) is 60.0 Å². The van der Waals surface area contributed by atoms with E-state index in [4.69, 9.17) is 9.15 Å². The first kappa shape index (κ1) is 16.9. The molecule has 0 bridgehead atoms. The molecule has 4 rings (SSSR count). The first-order valence-corrected chi connectivity index (χ1v) is 9.15. The molecule has 26 heavy (non-hydrogen) atoms. The molecular weight excluding hydrogens is 392 g/mol. The summed E-state index contributed by atoms with van der Waals surface area (Å²) in [4.78, 5) is 12.0. The molecule has 0 saturated heterocycles. The topological polar surface area (TPSA) is 39.4 Å². The van der Waals surface area contributed by atoms with Gasteiger partial charge >= 0.3 is 5.63 Å². The molecule has 4 heteroatoms. The largest absolute Gasteiger partial charge is 0.489 e. The van der Waals surface area contributed by atoms with Gasteiger partial charge in [-0.1, -0.05) is 40.2 Å². The van der Waals surface area contributed by atoms with Crippen LogP contribution in [0.15, 0.2) is 68.3 Å². The van der Waals surface area contributed by atoms with E-state index in [1.807, 2.05) is 56.3 Å². The average molecular weight is 409 g/mol. The van der Waals surface area contributed by atoms with Crippen LogP contribution in [0.2, 0.25) is 0 Å². The van der Waals surface area contributed by atoms with Crippen LogP contribution in [-0.4, -0.2) is 0 Å². The molecule has 0 spiro atoms. The summed E-state index contributed by atoms with van der Waals surface area (Å²) in [7, 11) is 0. The molecule has 0 amide bonds. The molecule has 0 radical (unpaired) electrons. The van der Waals surface area contributed by atoms with Crippen molar-refractivity contribution in [2.24, 2.45) is 0 Å². The maximum Gasteiger partial charge on any atom is 0.336 e. The minimum Gasteiger partial charge on any atom is -0.489 e. The lowest BCUT2D eigenvalue weighted by Crippen LogP contribution is -2.05. The fourth-order valence-electron chi connectivity index (χ4n) is 3.09. The van der Waals surface area contributed by atoms with E-state index in [0.29, 0.717) is 12.2 Å². The zero-order valence-corrected chi connectivity index (χ0v) is 16.1. The van der Waals surface area contributed by atoms with Crippen molar-refractivity contribution in [3.8, 4) is 5.75 Å². The Morgan fingerprint density at radius 2 is 1.73 bits per heavy atom. The Labute approximate surface area is 159 Å². The van der Waals surface area contributed by atoms with Crippen LogP contribution in [0.3, 0.4) is 0 Å². The molecule has 0 unspecified atom stereocenters. The number of ether oxygens (including phenoxy) is 1.